The number of benzene rings is 4. The zero-order chi connectivity index (χ0) is 26.2. The number of anilines is 2. The summed E-state index contributed by atoms with van der Waals surface area (Å²) in [6, 6.07) is 32.5. The Hall–Kier alpha value is -4.46. The maximum absolute atomic E-state index is 9.13. The van der Waals surface area contributed by atoms with Crippen LogP contribution in [0.1, 0.15) is 16.7 Å². The van der Waals surface area contributed by atoms with Crippen LogP contribution in [-0.2, 0) is 13.2 Å². The first-order valence-electron chi connectivity index (χ1n) is 12.6. The number of ether oxygens (including phenoxy) is 1. The molecule has 0 radical (unpaired) electrons. The van der Waals surface area contributed by atoms with E-state index in [1.165, 1.54) is 0 Å². The molecule has 3 N–H and O–H groups in total. The maximum atomic E-state index is 9.13. The minimum atomic E-state index is 0.0744. The molecular formula is C31H30N4O3. The van der Waals surface area contributed by atoms with E-state index < -0.39 is 0 Å². The van der Waals surface area contributed by atoms with E-state index in [-0.39, 0.29) is 6.61 Å². The second-order valence-electron chi connectivity index (χ2n) is 8.92. The van der Waals surface area contributed by atoms with Crippen LogP contribution in [-0.4, -0.2) is 28.5 Å². The molecule has 0 aliphatic rings. The number of hydrogen-bond acceptors (Lipinski definition) is 7. The molecule has 5 aromatic rings. The molecule has 0 amide bonds. The van der Waals surface area contributed by atoms with E-state index in [1.54, 1.807) is 0 Å². The minimum absolute atomic E-state index is 0.0744. The highest BCUT2D eigenvalue weighted by Gasteiger charge is 2.15. The number of nitrogens with zero attached hydrogens (tertiary/aromatic N) is 2. The van der Waals surface area contributed by atoms with Gasteiger partial charge in [-0.15, -0.1) is 5.10 Å². The highest BCUT2D eigenvalue weighted by Crippen LogP contribution is 2.32. The summed E-state index contributed by atoms with van der Waals surface area (Å²) in [5, 5.41) is 24.1. The zero-order valence-electron chi connectivity index (χ0n) is 21.2. The van der Waals surface area contributed by atoms with Crippen molar-refractivity contribution in [2.45, 2.75) is 20.1 Å². The highest BCUT2D eigenvalue weighted by atomic mass is 16.5. The van der Waals surface area contributed by atoms with Gasteiger partial charge in [-0.2, -0.15) is 0 Å². The summed E-state index contributed by atoms with van der Waals surface area (Å²) >= 11 is 0. The van der Waals surface area contributed by atoms with Gasteiger partial charge in [-0.1, -0.05) is 77.9 Å². The summed E-state index contributed by atoms with van der Waals surface area (Å²) in [6.07, 6.45) is 0. The van der Waals surface area contributed by atoms with E-state index in [9.17, 15) is 0 Å². The number of aliphatic hydroxyl groups excluding tert-OH is 1. The fraction of sp³-hybridized carbons (Fsp3) is 0.161. The number of nitrogens with one attached hydrogen (secondary N) is 2. The van der Waals surface area contributed by atoms with Gasteiger partial charge in [0, 0.05) is 30.4 Å². The van der Waals surface area contributed by atoms with Gasteiger partial charge in [0.25, 0.3) is 0 Å². The average Bonchev–Trinajstić information content (AvgIpc) is 3.41. The first kappa shape index (κ1) is 25.2. The van der Waals surface area contributed by atoms with Crippen LogP contribution in [0, 0.1) is 6.92 Å². The quantitative estimate of drug-likeness (QED) is 0.186. The molecule has 0 fully saturated rings. The first-order chi connectivity index (χ1) is 18.7. The first-order valence-corrected chi connectivity index (χ1v) is 12.6. The maximum Gasteiger partial charge on any atom is 0.320 e. The van der Waals surface area contributed by atoms with Gasteiger partial charge in [0.05, 0.1) is 6.61 Å². The van der Waals surface area contributed by atoms with Crippen molar-refractivity contribution in [2.75, 3.05) is 18.5 Å². The number of hydrogen-bond donors (Lipinski definition) is 3. The van der Waals surface area contributed by atoms with Crippen LogP contribution in [0.15, 0.2) is 101 Å². The Kier molecular flexibility index (Phi) is 8.08. The molecule has 0 atom stereocenters. The van der Waals surface area contributed by atoms with E-state index in [2.05, 4.69) is 46.0 Å². The number of rotatable bonds is 11. The van der Waals surface area contributed by atoms with Crippen molar-refractivity contribution < 1.29 is 14.3 Å². The molecule has 0 spiro atoms. The van der Waals surface area contributed by atoms with Crippen molar-refractivity contribution in [1.29, 1.82) is 0 Å². The van der Waals surface area contributed by atoms with Crippen LogP contribution in [0.4, 0.5) is 11.7 Å². The molecule has 192 valence electrons. The normalized spacial score (nSPS) is 10.9. The molecule has 0 aliphatic heterocycles. The Morgan fingerprint density at radius 3 is 2.37 bits per heavy atom. The summed E-state index contributed by atoms with van der Waals surface area (Å²) < 4.78 is 12.1. The van der Waals surface area contributed by atoms with Gasteiger partial charge >= 0.3 is 6.01 Å². The molecule has 0 unspecified atom stereocenters. The Labute approximate surface area is 222 Å². The molecule has 7 nitrogen and oxygen atoms in total. The van der Waals surface area contributed by atoms with E-state index in [0.29, 0.717) is 37.4 Å². The summed E-state index contributed by atoms with van der Waals surface area (Å²) in [5.74, 6) is 1.16. The van der Waals surface area contributed by atoms with Crippen molar-refractivity contribution >= 4 is 11.7 Å². The second kappa shape index (κ2) is 12.2. The Morgan fingerprint density at radius 2 is 1.58 bits per heavy atom. The molecule has 38 heavy (non-hydrogen) atoms. The van der Waals surface area contributed by atoms with E-state index in [0.717, 1.165) is 39.1 Å². The fourth-order valence-electron chi connectivity index (χ4n) is 4.27. The van der Waals surface area contributed by atoms with Crippen LogP contribution in [0.2, 0.25) is 0 Å². The largest absolute Gasteiger partial charge is 0.489 e. The molecule has 1 aromatic heterocycles. The molecule has 4 aromatic carbocycles. The van der Waals surface area contributed by atoms with E-state index in [4.69, 9.17) is 14.3 Å². The smallest absolute Gasteiger partial charge is 0.320 e. The van der Waals surface area contributed by atoms with Crippen LogP contribution >= 0.6 is 0 Å². The van der Waals surface area contributed by atoms with Crippen LogP contribution in [0.5, 0.6) is 5.75 Å². The van der Waals surface area contributed by atoms with Gasteiger partial charge in [0.2, 0.25) is 5.89 Å². The predicted octanol–water partition coefficient (Wildman–Crippen LogP) is 6.12. The molecule has 0 aliphatic carbocycles. The number of aromatic nitrogens is 2. The predicted molar refractivity (Wildman–Crippen MR) is 149 cm³/mol. The second-order valence-corrected chi connectivity index (χ2v) is 8.92. The van der Waals surface area contributed by atoms with Gasteiger partial charge in [-0.05, 0) is 52.9 Å². The van der Waals surface area contributed by atoms with Crippen molar-refractivity contribution in [3.05, 3.63) is 114 Å². The minimum Gasteiger partial charge on any atom is -0.489 e. The van der Waals surface area contributed by atoms with Gasteiger partial charge < -0.3 is 24.9 Å². The molecule has 1 heterocycles. The summed E-state index contributed by atoms with van der Waals surface area (Å²) in [5.41, 5.74) is 7.07. The lowest BCUT2D eigenvalue weighted by molar-refractivity contribution is 0.291. The third kappa shape index (κ3) is 6.26. The average molecular weight is 507 g/mol. The van der Waals surface area contributed by atoms with Crippen LogP contribution in [0.25, 0.3) is 22.6 Å². The molecule has 5 rings (SSSR count). The molecule has 0 saturated carbocycles. The third-order valence-electron chi connectivity index (χ3n) is 6.16. The SMILES string of the molecule is Cc1c(-c2ccccc2)cccc1-c1nnc(Nc2cc(CNCCO)cc(OCc3ccccc3)c2)o1. The van der Waals surface area contributed by atoms with Crippen LogP contribution < -0.4 is 15.4 Å². The highest BCUT2D eigenvalue weighted by molar-refractivity contribution is 5.75. The fourth-order valence-corrected chi connectivity index (χ4v) is 4.27. The Balaban J connectivity index is 1.37. The van der Waals surface area contributed by atoms with Gasteiger partial charge in [-0.25, -0.2) is 0 Å². The third-order valence-corrected chi connectivity index (χ3v) is 6.16. The molecule has 7 heteroatoms. The van der Waals surface area contributed by atoms with Crippen molar-refractivity contribution in [1.82, 2.24) is 15.5 Å². The zero-order valence-corrected chi connectivity index (χ0v) is 21.2. The lowest BCUT2D eigenvalue weighted by Crippen LogP contribution is -2.17. The lowest BCUT2D eigenvalue weighted by Gasteiger charge is -2.12. The van der Waals surface area contributed by atoms with Crippen molar-refractivity contribution in [3.63, 3.8) is 0 Å². The Bertz CT molecular complexity index is 1470. The van der Waals surface area contributed by atoms with Crippen molar-refractivity contribution in [3.8, 4) is 28.3 Å². The van der Waals surface area contributed by atoms with Gasteiger partial charge in [-0.3, -0.25) is 0 Å². The van der Waals surface area contributed by atoms with Crippen LogP contribution in [0.3, 0.4) is 0 Å². The number of aliphatic hydroxyl groups is 1. The van der Waals surface area contributed by atoms with Crippen molar-refractivity contribution in [2.24, 2.45) is 0 Å². The summed E-state index contributed by atoms with van der Waals surface area (Å²) in [6.45, 7) is 3.68. The molecule has 0 bridgehead atoms. The van der Waals surface area contributed by atoms with E-state index >= 15 is 0 Å². The standard InChI is InChI=1S/C31H30N4O3/c1-22-28(25-11-6-3-7-12-25)13-8-14-29(22)30-34-35-31(38-30)33-26-17-24(20-32-15-16-36)18-27(19-26)37-21-23-9-4-2-5-10-23/h2-14,17-19,32,36H,15-16,20-21H2,1H3,(H,33,35). The summed E-state index contributed by atoms with van der Waals surface area (Å²) in [4.78, 5) is 0. The molecular weight excluding hydrogens is 476 g/mol. The summed E-state index contributed by atoms with van der Waals surface area (Å²) in [7, 11) is 0. The van der Waals surface area contributed by atoms with Gasteiger partial charge in [0.15, 0.2) is 0 Å². The Morgan fingerprint density at radius 1 is 0.816 bits per heavy atom. The van der Waals surface area contributed by atoms with Gasteiger partial charge in [0.1, 0.15) is 12.4 Å². The topological polar surface area (TPSA) is 92.4 Å². The molecule has 0 saturated heterocycles. The lowest BCUT2D eigenvalue weighted by atomic mass is 9.96. The monoisotopic (exact) mass is 506 g/mol. The van der Waals surface area contributed by atoms with E-state index in [1.807, 2.05) is 78.9 Å².